The first-order valence-corrected chi connectivity index (χ1v) is 9.52. The lowest BCUT2D eigenvalue weighted by atomic mass is 9.89. The molecule has 1 atom stereocenters. The number of aryl methyl sites for hydroxylation is 2. The van der Waals surface area contributed by atoms with Gasteiger partial charge in [0.05, 0.1) is 6.04 Å². The summed E-state index contributed by atoms with van der Waals surface area (Å²) in [5, 5.41) is 4.36. The molecule has 0 fully saturated rings. The van der Waals surface area contributed by atoms with Crippen molar-refractivity contribution in [3.63, 3.8) is 0 Å². The Morgan fingerprint density at radius 3 is 2.73 bits per heavy atom. The van der Waals surface area contributed by atoms with Crippen molar-refractivity contribution in [2.45, 2.75) is 51.7 Å². The van der Waals surface area contributed by atoms with Crippen LogP contribution in [0.1, 0.15) is 49.4 Å². The first kappa shape index (κ1) is 19.1. The van der Waals surface area contributed by atoms with Crippen LogP contribution in [0.5, 0.6) is 5.75 Å². The summed E-state index contributed by atoms with van der Waals surface area (Å²) in [6.45, 7) is 6.13. The Hall–Kier alpha value is -1.71. The molecule has 0 aliphatic carbocycles. The zero-order chi connectivity index (χ0) is 18.9. The van der Waals surface area contributed by atoms with Crippen LogP contribution in [0.4, 0.5) is 0 Å². The molecule has 1 aliphatic rings. The average molecular weight is 392 g/mol. The Morgan fingerprint density at radius 2 is 2.00 bits per heavy atom. The summed E-state index contributed by atoms with van der Waals surface area (Å²) in [6, 6.07) is 11.4. The molecule has 3 nitrogen and oxygen atoms in total. The number of fused-ring (bicyclic) bond motifs is 1. The summed E-state index contributed by atoms with van der Waals surface area (Å²) < 4.78 is 6.09. The van der Waals surface area contributed by atoms with Gasteiger partial charge in [-0.25, -0.2) is 0 Å². The molecule has 0 spiro atoms. The van der Waals surface area contributed by atoms with Gasteiger partial charge in [0, 0.05) is 28.5 Å². The van der Waals surface area contributed by atoms with Crippen LogP contribution in [0.15, 0.2) is 36.4 Å². The molecule has 26 heavy (non-hydrogen) atoms. The summed E-state index contributed by atoms with van der Waals surface area (Å²) in [4.78, 5) is 12.5. The predicted molar refractivity (Wildman–Crippen MR) is 106 cm³/mol. The van der Waals surface area contributed by atoms with E-state index in [-0.39, 0.29) is 17.6 Å². The fourth-order valence-corrected chi connectivity index (χ4v) is 3.83. The predicted octanol–water partition coefficient (Wildman–Crippen LogP) is 5.65. The third kappa shape index (κ3) is 4.52. The number of rotatable bonds is 4. The second-order valence-corrected chi connectivity index (χ2v) is 8.31. The highest BCUT2D eigenvalue weighted by Crippen LogP contribution is 2.40. The van der Waals surface area contributed by atoms with Crippen LogP contribution in [0.25, 0.3) is 0 Å². The van der Waals surface area contributed by atoms with E-state index in [1.54, 1.807) is 12.1 Å². The largest absolute Gasteiger partial charge is 0.487 e. The molecule has 0 aromatic heterocycles. The fourth-order valence-electron chi connectivity index (χ4n) is 3.33. The van der Waals surface area contributed by atoms with Crippen LogP contribution in [-0.2, 0) is 11.2 Å². The molecule has 1 N–H and O–H groups in total. The molecule has 2 aromatic rings. The number of nitrogens with one attached hydrogen (secondary N) is 1. The number of halogens is 2. The average Bonchev–Trinajstić information content (AvgIpc) is 2.52. The molecule has 2 aromatic carbocycles. The van der Waals surface area contributed by atoms with Gasteiger partial charge in [-0.2, -0.15) is 0 Å². The molecular formula is C21H23Cl2NO2. The van der Waals surface area contributed by atoms with Crippen molar-refractivity contribution in [1.82, 2.24) is 5.32 Å². The second kappa shape index (κ2) is 7.50. The lowest BCUT2D eigenvalue weighted by molar-refractivity contribution is -0.122. The van der Waals surface area contributed by atoms with Gasteiger partial charge in [-0.3, -0.25) is 4.79 Å². The molecule has 1 heterocycles. The van der Waals surface area contributed by atoms with Gasteiger partial charge in [0.25, 0.3) is 0 Å². The van der Waals surface area contributed by atoms with Gasteiger partial charge >= 0.3 is 0 Å². The Bertz CT molecular complexity index is 833. The van der Waals surface area contributed by atoms with Gasteiger partial charge in [-0.15, -0.1) is 0 Å². The van der Waals surface area contributed by atoms with Crippen LogP contribution >= 0.6 is 23.2 Å². The zero-order valence-electron chi connectivity index (χ0n) is 15.2. The minimum absolute atomic E-state index is 0.00485. The third-order valence-electron chi connectivity index (χ3n) is 4.60. The Balaban J connectivity index is 1.69. The van der Waals surface area contributed by atoms with Crippen molar-refractivity contribution in [2.24, 2.45) is 0 Å². The van der Waals surface area contributed by atoms with E-state index < -0.39 is 0 Å². The van der Waals surface area contributed by atoms with Crippen molar-refractivity contribution in [3.05, 3.63) is 63.1 Å². The number of hydrogen-bond donors (Lipinski definition) is 1. The summed E-state index contributed by atoms with van der Waals surface area (Å²) in [5.74, 6) is 0.859. The van der Waals surface area contributed by atoms with Crippen molar-refractivity contribution in [1.29, 1.82) is 0 Å². The number of carbonyl (C=O) groups excluding carboxylic acids is 1. The molecule has 1 aliphatic heterocycles. The normalized spacial score (nSPS) is 18.0. The first-order valence-electron chi connectivity index (χ1n) is 8.76. The molecule has 0 saturated carbocycles. The molecule has 0 saturated heterocycles. The molecular weight excluding hydrogens is 369 g/mol. The SMILES string of the molecule is Cc1ccc2c(c1)OC(C)(C)CC2NC(=O)CCc1ccc(Cl)cc1Cl. The van der Waals surface area contributed by atoms with Crippen LogP contribution in [-0.4, -0.2) is 11.5 Å². The van der Waals surface area contributed by atoms with Crippen molar-refractivity contribution in [3.8, 4) is 5.75 Å². The number of carbonyl (C=O) groups is 1. The lowest BCUT2D eigenvalue weighted by Crippen LogP contribution is -2.41. The minimum Gasteiger partial charge on any atom is -0.487 e. The van der Waals surface area contributed by atoms with Crippen LogP contribution in [0.2, 0.25) is 10.0 Å². The Morgan fingerprint density at radius 1 is 1.23 bits per heavy atom. The highest BCUT2D eigenvalue weighted by atomic mass is 35.5. The van der Waals surface area contributed by atoms with E-state index in [9.17, 15) is 4.79 Å². The van der Waals surface area contributed by atoms with Gasteiger partial charge in [0.15, 0.2) is 0 Å². The van der Waals surface area contributed by atoms with Crippen LogP contribution < -0.4 is 10.1 Å². The maximum absolute atomic E-state index is 12.5. The monoisotopic (exact) mass is 391 g/mol. The molecule has 0 radical (unpaired) electrons. The minimum atomic E-state index is -0.321. The van der Waals surface area contributed by atoms with Crippen LogP contribution in [0, 0.1) is 6.92 Å². The number of hydrogen-bond acceptors (Lipinski definition) is 2. The fraction of sp³-hybridized carbons (Fsp3) is 0.381. The van der Waals surface area contributed by atoms with Gasteiger partial charge in [-0.1, -0.05) is 41.4 Å². The number of benzene rings is 2. The topological polar surface area (TPSA) is 38.3 Å². The lowest BCUT2D eigenvalue weighted by Gasteiger charge is -2.38. The highest BCUT2D eigenvalue weighted by Gasteiger charge is 2.34. The third-order valence-corrected chi connectivity index (χ3v) is 5.19. The summed E-state index contributed by atoms with van der Waals surface area (Å²) in [6.07, 6.45) is 1.69. The molecule has 138 valence electrons. The van der Waals surface area contributed by atoms with E-state index in [0.717, 1.165) is 28.9 Å². The molecule has 3 rings (SSSR count). The van der Waals surface area contributed by atoms with Gasteiger partial charge in [0.1, 0.15) is 11.4 Å². The summed E-state index contributed by atoms with van der Waals surface area (Å²) in [5.41, 5.74) is 2.78. The zero-order valence-corrected chi connectivity index (χ0v) is 16.7. The Kier molecular flexibility index (Phi) is 5.50. The molecule has 5 heteroatoms. The highest BCUT2D eigenvalue weighted by molar-refractivity contribution is 6.35. The molecule has 1 unspecified atom stereocenters. The summed E-state index contributed by atoms with van der Waals surface area (Å²) >= 11 is 12.1. The van der Waals surface area contributed by atoms with Crippen molar-refractivity contribution in [2.75, 3.05) is 0 Å². The maximum atomic E-state index is 12.5. The van der Waals surface area contributed by atoms with Crippen molar-refractivity contribution < 1.29 is 9.53 Å². The van der Waals surface area contributed by atoms with Gasteiger partial charge in [0.2, 0.25) is 5.91 Å². The van der Waals surface area contributed by atoms with Gasteiger partial charge < -0.3 is 10.1 Å². The van der Waals surface area contributed by atoms with E-state index in [0.29, 0.717) is 22.9 Å². The van der Waals surface area contributed by atoms with E-state index in [1.807, 2.05) is 45.0 Å². The van der Waals surface area contributed by atoms with Crippen LogP contribution in [0.3, 0.4) is 0 Å². The van der Waals surface area contributed by atoms with E-state index in [1.165, 1.54) is 0 Å². The van der Waals surface area contributed by atoms with E-state index in [2.05, 4.69) is 5.32 Å². The van der Waals surface area contributed by atoms with E-state index >= 15 is 0 Å². The second-order valence-electron chi connectivity index (χ2n) is 7.46. The molecule has 1 amide bonds. The maximum Gasteiger partial charge on any atom is 0.220 e. The number of ether oxygens (including phenoxy) is 1. The Labute approximate surface area is 164 Å². The summed E-state index contributed by atoms with van der Waals surface area (Å²) in [7, 11) is 0. The number of amides is 1. The quantitative estimate of drug-likeness (QED) is 0.730. The van der Waals surface area contributed by atoms with Gasteiger partial charge in [-0.05, 0) is 56.5 Å². The van der Waals surface area contributed by atoms with Crippen molar-refractivity contribution >= 4 is 29.1 Å². The van der Waals surface area contributed by atoms with E-state index in [4.69, 9.17) is 27.9 Å². The smallest absolute Gasteiger partial charge is 0.220 e. The standard InChI is InChI=1S/C21H23Cl2NO2/c1-13-4-8-16-18(12-21(2,3)26-19(16)10-13)24-20(25)9-6-14-5-7-15(22)11-17(14)23/h4-5,7-8,10-11,18H,6,9,12H2,1-3H3,(H,24,25). The first-order chi connectivity index (χ1) is 12.2. The molecule has 0 bridgehead atoms.